The highest BCUT2D eigenvalue weighted by atomic mass is 16.1. The third kappa shape index (κ3) is 11.2. The second-order valence-corrected chi connectivity index (χ2v) is 12.8. The molecule has 0 aliphatic heterocycles. The van der Waals surface area contributed by atoms with Gasteiger partial charge in [0, 0.05) is 11.0 Å². The molecule has 0 heterocycles. The zero-order valence-electron chi connectivity index (χ0n) is 27.3. The highest BCUT2D eigenvalue weighted by molar-refractivity contribution is 6.05. The summed E-state index contributed by atoms with van der Waals surface area (Å²) in [5, 5.41) is 0. The van der Waals surface area contributed by atoms with E-state index < -0.39 is 0 Å². The average Bonchev–Trinajstić information content (AvgIpc) is 2.88. The van der Waals surface area contributed by atoms with Gasteiger partial charge in [-0.2, -0.15) is 0 Å². The summed E-state index contributed by atoms with van der Waals surface area (Å²) in [5.41, 5.74) is 9.88. The molecule has 0 amide bonds. The minimum Gasteiger partial charge on any atom is -0.290 e. The van der Waals surface area contributed by atoms with Gasteiger partial charge in [-0.1, -0.05) is 147 Å². The Balaban J connectivity index is 1.91. The molecule has 41 heavy (non-hydrogen) atoms. The zero-order chi connectivity index (χ0) is 30.6. The molecule has 2 aliphatic rings. The molecule has 2 rings (SSSR count). The summed E-state index contributed by atoms with van der Waals surface area (Å²) in [6.07, 6.45) is 37.3. The number of carbonyl (C=O) groups is 1. The first kappa shape index (κ1) is 33.8. The molecule has 0 spiro atoms. The van der Waals surface area contributed by atoms with Crippen molar-refractivity contribution in [2.45, 2.75) is 88.5 Å². The molecule has 1 heteroatoms. The van der Waals surface area contributed by atoms with Crippen molar-refractivity contribution < 1.29 is 4.79 Å². The molecular formula is C40H52O. The van der Waals surface area contributed by atoms with Crippen molar-refractivity contribution in [3.8, 4) is 0 Å². The van der Waals surface area contributed by atoms with Gasteiger partial charge in [-0.05, 0) is 83.4 Å². The van der Waals surface area contributed by atoms with Crippen LogP contribution in [0.5, 0.6) is 0 Å². The van der Waals surface area contributed by atoms with Crippen LogP contribution in [0.25, 0.3) is 0 Å². The lowest BCUT2D eigenvalue weighted by Gasteiger charge is -2.32. The predicted octanol–water partition coefficient (Wildman–Crippen LogP) is 11.6. The maximum absolute atomic E-state index is 12.1. The first-order chi connectivity index (χ1) is 19.2. The predicted molar refractivity (Wildman–Crippen MR) is 182 cm³/mol. The molecule has 0 aromatic carbocycles. The topological polar surface area (TPSA) is 17.1 Å². The SMILES string of the molecule is CC1=C(/C=C/C(C)=C\C=C\C(C)=C\C=C\C=C(C)\C=C\C=C(C)\C=C\C2=C(C)C(=O)C=CC2(C)C)C(C)(C)CCC1. The lowest BCUT2D eigenvalue weighted by Crippen LogP contribution is -2.19. The minimum absolute atomic E-state index is 0.0994. The fourth-order valence-corrected chi connectivity index (χ4v) is 5.23. The third-order valence-electron chi connectivity index (χ3n) is 7.95. The molecule has 0 fully saturated rings. The van der Waals surface area contributed by atoms with Crippen LogP contribution in [0.4, 0.5) is 0 Å². The molecule has 1 nitrogen and oxygen atoms in total. The highest BCUT2D eigenvalue weighted by Gasteiger charge is 2.27. The van der Waals surface area contributed by atoms with Gasteiger partial charge in [-0.15, -0.1) is 0 Å². The number of hydrogen-bond donors (Lipinski definition) is 0. The summed E-state index contributed by atoms with van der Waals surface area (Å²) < 4.78 is 0. The molecule has 0 saturated carbocycles. The fraction of sp³-hybridized carbons (Fsp3) is 0.375. The van der Waals surface area contributed by atoms with Crippen LogP contribution in [0.2, 0.25) is 0 Å². The summed E-state index contributed by atoms with van der Waals surface area (Å²) in [7, 11) is 0. The van der Waals surface area contributed by atoms with E-state index in [1.165, 1.54) is 47.1 Å². The molecule has 0 atom stereocenters. The Hall–Kier alpha value is -3.45. The maximum atomic E-state index is 12.1. The monoisotopic (exact) mass is 548 g/mol. The zero-order valence-corrected chi connectivity index (χ0v) is 27.3. The van der Waals surface area contributed by atoms with Gasteiger partial charge < -0.3 is 0 Å². The second kappa shape index (κ2) is 15.5. The Morgan fingerprint density at radius 1 is 0.683 bits per heavy atom. The van der Waals surface area contributed by atoms with E-state index in [1.807, 2.05) is 13.0 Å². The van der Waals surface area contributed by atoms with Crippen LogP contribution in [0, 0.1) is 10.8 Å². The van der Waals surface area contributed by atoms with Gasteiger partial charge in [0.2, 0.25) is 0 Å². The van der Waals surface area contributed by atoms with E-state index in [0.29, 0.717) is 0 Å². The van der Waals surface area contributed by atoms with Gasteiger partial charge in [0.25, 0.3) is 0 Å². The van der Waals surface area contributed by atoms with Gasteiger partial charge in [-0.3, -0.25) is 4.79 Å². The molecule has 2 aliphatic carbocycles. The van der Waals surface area contributed by atoms with Gasteiger partial charge in [0.15, 0.2) is 5.78 Å². The molecule has 0 bridgehead atoms. The van der Waals surface area contributed by atoms with Crippen molar-refractivity contribution in [2.75, 3.05) is 0 Å². The van der Waals surface area contributed by atoms with Crippen molar-refractivity contribution in [1.82, 2.24) is 0 Å². The molecule has 0 N–H and O–H groups in total. The smallest absolute Gasteiger partial charge is 0.181 e. The Morgan fingerprint density at radius 3 is 1.66 bits per heavy atom. The van der Waals surface area contributed by atoms with Crippen molar-refractivity contribution in [2.24, 2.45) is 10.8 Å². The first-order valence-corrected chi connectivity index (χ1v) is 15.0. The Kier molecular flexibility index (Phi) is 12.8. The van der Waals surface area contributed by atoms with Crippen LogP contribution >= 0.6 is 0 Å². The van der Waals surface area contributed by atoms with Crippen molar-refractivity contribution in [3.05, 3.63) is 142 Å². The van der Waals surface area contributed by atoms with E-state index in [-0.39, 0.29) is 16.6 Å². The Bertz CT molecular complexity index is 1340. The third-order valence-corrected chi connectivity index (χ3v) is 7.95. The van der Waals surface area contributed by atoms with Crippen LogP contribution in [0.15, 0.2) is 142 Å². The van der Waals surface area contributed by atoms with Crippen molar-refractivity contribution in [3.63, 3.8) is 0 Å². The molecule has 0 aromatic rings. The molecule has 0 radical (unpaired) electrons. The van der Waals surface area contributed by atoms with Crippen LogP contribution in [-0.4, -0.2) is 5.78 Å². The minimum atomic E-state index is -0.130. The number of hydrogen-bond acceptors (Lipinski definition) is 1. The summed E-state index contributed by atoms with van der Waals surface area (Å²) in [4.78, 5) is 12.1. The van der Waals surface area contributed by atoms with Crippen molar-refractivity contribution >= 4 is 5.78 Å². The van der Waals surface area contributed by atoms with Gasteiger partial charge >= 0.3 is 0 Å². The van der Waals surface area contributed by atoms with Crippen LogP contribution in [0.1, 0.15) is 88.5 Å². The lowest BCUT2D eigenvalue weighted by atomic mass is 9.72. The average molecular weight is 549 g/mol. The first-order valence-electron chi connectivity index (χ1n) is 15.0. The summed E-state index contributed by atoms with van der Waals surface area (Å²) >= 11 is 0. The number of carbonyl (C=O) groups excluding carboxylic acids is 1. The molecule has 0 aromatic heterocycles. The molecule has 0 unspecified atom stereocenters. The van der Waals surface area contributed by atoms with E-state index in [0.717, 1.165) is 16.7 Å². The molecule has 218 valence electrons. The quantitative estimate of drug-likeness (QED) is 0.248. The van der Waals surface area contributed by atoms with Crippen molar-refractivity contribution in [1.29, 1.82) is 0 Å². The molecule has 0 saturated heterocycles. The van der Waals surface area contributed by atoms with Gasteiger partial charge in [0.1, 0.15) is 0 Å². The fourth-order valence-electron chi connectivity index (χ4n) is 5.23. The Morgan fingerprint density at radius 2 is 1.15 bits per heavy atom. The van der Waals surface area contributed by atoms with E-state index in [1.54, 1.807) is 6.08 Å². The summed E-state index contributed by atoms with van der Waals surface area (Å²) in [6.45, 7) is 21.7. The number of allylic oxidation sites excluding steroid dienone is 24. The molecular weight excluding hydrogens is 496 g/mol. The van der Waals surface area contributed by atoms with Crippen LogP contribution in [0.3, 0.4) is 0 Å². The Labute approximate surface area is 251 Å². The van der Waals surface area contributed by atoms with Crippen LogP contribution < -0.4 is 0 Å². The number of rotatable bonds is 10. The van der Waals surface area contributed by atoms with Gasteiger partial charge in [-0.25, -0.2) is 0 Å². The van der Waals surface area contributed by atoms with E-state index in [4.69, 9.17) is 0 Å². The maximum Gasteiger partial charge on any atom is 0.181 e. The lowest BCUT2D eigenvalue weighted by molar-refractivity contribution is -0.111. The second-order valence-electron chi connectivity index (χ2n) is 12.8. The summed E-state index contributed by atoms with van der Waals surface area (Å²) in [6, 6.07) is 0. The standard InChI is InChI=1S/C40H52O/c1-30(18-13-20-32(3)23-25-36-34(5)22-15-28-39(36,7)8)16-11-12-17-31(2)19-14-21-33(4)24-26-37-35(6)38(41)27-29-40(37,9)10/h11-14,16-21,23-27,29H,15,22,28H2,1-10H3/b12-11+,18-13+,19-14+,25-23+,26-24+,30-16+,31-17+,32-20-,33-21+. The normalized spacial score (nSPS) is 21.4. The highest BCUT2D eigenvalue weighted by Crippen LogP contribution is 2.40. The summed E-state index contributed by atoms with van der Waals surface area (Å²) in [5.74, 6) is 0.0994. The van der Waals surface area contributed by atoms with Gasteiger partial charge in [0.05, 0.1) is 0 Å². The van der Waals surface area contributed by atoms with E-state index in [9.17, 15) is 4.79 Å². The largest absolute Gasteiger partial charge is 0.290 e. The van der Waals surface area contributed by atoms with E-state index >= 15 is 0 Å². The number of ketones is 1. The van der Waals surface area contributed by atoms with Crippen LogP contribution in [-0.2, 0) is 4.79 Å². The van der Waals surface area contributed by atoms with E-state index in [2.05, 4.69) is 147 Å².